The Kier molecular flexibility index (Phi) is 5.48. The lowest BCUT2D eigenvalue weighted by molar-refractivity contribution is -0.272. The minimum atomic E-state index is -4.98. The first kappa shape index (κ1) is 22.3. The fourth-order valence-electron chi connectivity index (χ4n) is 4.50. The Morgan fingerprint density at radius 3 is 2.59 bits per heavy atom. The fraction of sp³-hybridized carbons (Fsp3) is 0.391. The van der Waals surface area contributed by atoms with E-state index in [1.807, 2.05) is 6.92 Å². The molecule has 3 aromatic rings. The van der Waals surface area contributed by atoms with E-state index in [1.165, 1.54) is 12.3 Å². The van der Waals surface area contributed by atoms with E-state index in [2.05, 4.69) is 15.3 Å². The molecule has 0 aliphatic heterocycles. The summed E-state index contributed by atoms with van der Waals surface area (Å²) >= 11 is 0. The number of benzene rings is 2. The van der Waals surface area contributed by atoms with E-state index in [0.29, 0.717) is 28.8 Å². The Hall–Kier alpha value is -2.94. The van der Waals surface area contributed by atoms with Crippen molar-refractivity contribution >= 4 is 16.6 Å². The number of hydrogen-bond acceptors (Lipinski definition) is 5. The van der Waals surface area contributed by atoms with Gasteiger partial charge in [0.05, 0.1) is 11.6 Å². The van der Waals surface area contributed by atoms with Crippen LogP contribution < -0.4 is 5.32 Å². The molecule has 5 nitrogen and oxygen atoms in total. The van der Waals surface area contributed by atoms with Crippen LogP contribution in [0, 0.1) is 5.82 Å². The number of hydrogen-bond donors (Lipinski definition) is 3. The molecule has 0 amide bonds. The average Bonchev–Trinajstić information content (AvgIpc) is 2.76. The average molecular weight is 449 g/mol. The van der Waals surface area contributed by atoms with Crippen LogP contribution in [0.4, 0.5) is 23.2 Å². The van der Waals surface area contributed by atoms with Gasteiger partial charge < -0.3 is 15.5 Å². The van der Waals surface area contributed by atoms with Crippen molar-refractivity contribution < 1.29 is 27.8 Å². The SMILES string of the molecule is CCc1ncc2c(NC3c4ccc(F)c(O)c4[C@H](CC)C[C@]3(O)C(F)(F)F)cccc2n1. The van der Waals surface area contributed by atoms with Gasteiger partial charge in [-0.2, -0.15) is 13.2 Å². The molecular weight excluding hydrogens is 426 g/mol. The summed E-state index contributed by atoms with van der Waals surface area (Å²) in [6.45, 7) is 3.53. The monoisotopic (exact) mass is 449 g/mol. The third-order valence-electron chi connectivity index (χ3n) is 6.23. The zero-order valence-electron chi connectivity index (χ0n) is 17.5. The number of phenolic OH excluding ortho intramolecular Hbond substituents is 1. The molecule has 2 aromatic carbocycles. The molecule has 9 heteroatoms. The molecular formula is C23H23F4N3O2. The van der Waals surface area contributed by atoms with E-state index >= 15 is 0 Å². The van der Waals surface area contributed by atoms with E-state index in [1.54, 1.807) is 25.1 Å². The number of aliphatic hydroxyl groups is 1. The number of aryl methyl sites for hydroxylation is 1. The molecule has 0 radical (unpaired) electrons. The number of rotatable bonds is 4. The van der Waals surface area contributed by atoms with Crippen molar-refractivity contribution in [3.8, 4) is 5.75 Å². The van der Waals surface area contributed by atoms with Gasteiger partial charge in [0.2, 0.25) is 0 Å². The predicted molar refractivity (Wildman–Crippen MR) is 112 cm³/mol. The number of nitrogens with zero attached hydrogens (tertiary/aromatic N) is 2. The Balaban J connectivity index is 1.91. The number of fused-ring (bicyclic) bond motifs is 2. The molecule has 1 aromatic heterocycles. The van der Waals surface area contributed by atoms with Crippen LogP contribution in [0.15, 0.2) is 36.5 Å². The molecule has 3 N–H and O–H groups in total. The van der Waals surface area contributed by atoms with Gasteiger partial charge in [-0.1, -0.05) is 26.0 Å². The Labute approximate surface area is 182 Å². The standard InChI is InChI=1S/C23H23F4N3O2/c1-3-12-10-22(32,23(25,26)27)21(13-8-9-15(24)20(31)19(12)13)30-17-7-5-6-16-14(17)11-28-18(4-2)29-16/h5-9,11-12,21,30-32H,3-4,10H2,1-2H3/t12-,21?,22-/m1/s1. The Morgan fingerprint density at radius 2 is 1.94 bits per heavy atom. The molecule has 0 bridgehead atoms. The first-order chi connectivity index (χ1) is 15.1. The maximum atomic E-state index is 14.2. The van der Waals surface area contributed by atoms with E-state index in [-0.39, 0.29) is 17.5 Å². The van der Waals surface area contributed by atoms with Gasteiger partial charge in [-0.15, -0.1) is 0 Å². The van der Waals surface area contributed by atoms with Crippen molar-refractivity contribution in [2.24, 2.45) is 0 Å². The van der Waals surface area contributed by atoms with Crippen LogP contribution in [0.5, 0.6) is 5.75 Å². The van der Waals surface area contributed by atoms with Crippen LogP contribution >= 0.6 is 0 Å². The molecule has 4 rings (SSSR count). The van der Waals surface area contributed by atoms with Gasteiger partial charge in [-0.05, 0) is 42.5 Å². The van der Waals surface area contributed by atoms with Gasteiger partial charge in [0, 0.05) is 29.3 Å². The Morgan fingerprint density at radius 1 is 1.19 bits per heavy atom. The fourth-order valence-corrected chi connectivity index (χ4v) is 4.50. The van der Waals surface area contributed by atoms with Crippen molar-refractivity contribution in [2.75, 3.05) is 5.32 Å². The smallest absolute Gasteiger partial charge is 0.419 e. The second-order valence-corrected chi connectivity index (χ2v) is 8.09. The van der Waals surface area contributed by atoms with E-state index in [9.17, 15) is 27.8 Å². The quantitative estimate of drug-likeness (QED) is 0.466. The molecule has 1 heterocycles. The lowest BCUT2D eigenvalue weighted by Gasteiger charge is -2.45. The molecule has 32 heavy (non-hydrogen) atoms. The van der Waals surface area contributed by atoms with E-state index in [4.69, 9.17) is 0 Å². The molecule has 0 fully saturated rings. The summed E-state index contributed by atoms with van der Waals surface area (Å²) in [6.07, 6.45) is -3.37. The highest BCUT2D eigenvalue weighted by molar-refractivity contribution is 5.91. The number of alkyl halides is 3. The Bertz CT molecular complexity index is 1170. The summed E-state index contributed by atoms with van der Waals surface area (Å²) in [4.78, 5) is 8.64. The largest absolute Gasteiger partial charge is 0.505 e. The third-order valence-corrected chi connectivity index (χ3v) is 6.23. The van der Waals surface area contributed by atoms with Crippen LogP contribution in [-0.4, -0.2) is 32.0 Å². The van der Waals surface area contributed by atoms with Crippen molar-refractivity contribution in [3.63, 3.8) is 0 Å². The third kappa shape index (κ3) is 3.44. The molecule has 1 aliphatic carbocycles. The van der Waals surface area contributed by atoms with Crippen LogP contribution in [0.1, 0.15) is 55.6 Å². The van der Waals surface area contributed by atoms with Gasteiger partial charge in [0.15, 0.2) is 17.2 Å². The van der Waals surface area contributed by atoms with Crippen molar-refractivity contribution in [2.45, 2.75) is 56.8 Å². The number of aromatic hydroxyl groups is 1. The molecule has 1 aliphatic rings. The number of halogens is 4. The number of aromatic nitrogens is 2. The van der Waals surface area contributed by atoms with Crippen LogP contribution in [0.2, 0.25) is 0 Å². The molecule has 0 saturated carbocycles. The van der Waals surface area contributed by atoms with Crippen LogP contribution in [0.25, 0.3) is 10.9 Å². The summed E-state index contributed by atoms with van der Waals surface area (Å²) in [6, 6.07) is 5.37. The first-order valence-electron chi connectivity index (χ1n) is 10.4. The van der Waals surface area contributed by atoms with Gasteiger partial charge in [-0.25, -0.2) is 14.4 Å². The van der Waals surface area contributed by atoms with Crippen molar-refractivity contribution in [3.05, 3.63) is 59.3 Å². The van der Waals surface area contributed by atoms with Crippen LogP contribution in [-0.2, 0) is 6.42 Å². The highest BCUT2D eigenvalue weighted by atomic mass is 19.4. The van der Waals surface area contributed by atoms with E-state index in [0.717, 1.165) is 6.07 Å². The number of anilines is 1. The zero-order valence-corrected chi connectivity index (χ0v) is 17.5. The van der Waals surface area contributed by atoms with Gasteiger partial charge in [-0.3, -0.25) is 0 Å². The number of phenols is 1. The predicted octanol–water partition coefficient (Wildman–Crippen LogP) is 5.38. The second-order valence-electron chi connectivity index (χ2n) is 8.09. The van der Waals surface area contributed by atoms with Crippen molar-refractivity contribution in [1.82, 2.24) is 9.97 Å². The van der Waals surface area contributed by atoms with Gasteiger partial charge in [0.1, 0.15) is 5.82 Å². The molecule has 170 valence electrons. The van der Waals surface area contributed by atoms with Gasteiger partial charge in [0.25, 0.3) is 0 Å². The normalized spacial score (nSPS) is 23.2. The van der Waals surface area contributed by atoms with Crippen LogP contribution in [0.3, 0.4) is 0 Å². The number of nitrogens with one attached hydrogen (secondary N) is 1. The summed E-state index contributed by atoms with van der Waals surface area (Å²) < 4.78 is 56.8. The highest BCUT2D eigenvalue weighted by Crippen LogP contribution is 2.55. The van der Waals surface area contributed by atoms with E-state index < -0.39 is 41.7 Å². The summed E-state index contributed by atoms with van der Waals surface area (Å²) in [5.41, 5.74) is -2.21. The maximum absolute atomic E-state index is 14.2. The van der Waals surface area contributed by atoms with Crippen molar-refractivity contribution in [1.29, 1.82) is 0 Å². The molecule has 0 spiro atoms. The lowest BCUT2D eigenvalue weighted by Crippen LogP contribution is -2.55. The lowest BCUT2D eigenvalue weighted by atomic mass is 9.69. The van der Waals surface area contributed by atoms with Gasteiger partial charge >= 0.3 is 6.18 Å². The minimum absolute atomic E-state index is 0.00456. The molecule has 0 saturated heterocycles. The summed E-state index contributed by atoms with van der Waals surface area (Å²) in [5, 5.41) is 24.7. The first-order valence-corrected chi connectivity index (χ1v) is 10.4. The maximum Gasteiger partial charge on any atom is 0.419 e. The minimum Gasteiger partial charge on any atom is -0.505 e. The summed E-state index contributed by atoms with van der Waals surface area (Å²) in [5.74, 6) is -1.87. The second kappa shape index (κ2) is 7.88. The topological polar surface area (TPSA) is 78.3 Å². The zero-order chi connectivity index (χ0) is 23.3. The molecule has 3 atom stereocenters. The molecule has 1 unspecified atom stereocenters. The highest BCUT2D eigenvalue weighted by Gasteiger charge is 2.62. The summed E-state index contributed by atoms with van der Waals surface area (Å²) in [7, 11) is 0.